The first-order chi connectivity index (χ1) is 9.40. The Morgan fingerprint density at radius 1 is 1.55 bits per heavy atom. The molecule has 0 saturated carbocycles. The fraction of sp³-hybridized carbons (Fsp3) is 0.917. The summed E-state index contributed by atoms with van der Waals surface area (Å²) in [5.41, 5.74) is 5.76. The van der Waals surface area contributed by atoms with Gasteiger partial charge >= 0.3 is 0 Å². The molecular formula is C12H25N3O3S2. The Morgan fingerprint density at radius 2 is 2.25 bits per heavy atom. The highest BCUT2D eigenvalue weighted by molar-refractivity contribution is 8.00. The second kappa shape index (κ2) is 8.21. The number of nitrogens with one attached hydrogen (secondary N) is 1. The molecule has 1 aliphatic heterocycles. The lowest BCUT2D eigenvalue weighted by atomic mass is 10.1. The molecular weight excluding hydrogens is 298 g/mol. The van der Waals surface area contributed by atoms with Gasteiger partial charge in [-0.05, 0) is 6.42 Å². The smallest absolute Gasteiger partial charge is 0.221 e. The van der Waals surface area contributed by atoms with Crippen LogP contribution < -0.4 is 11.1 Å². The fourth-order valence-electron chi connectivity index (χ4n) is 2.27. The van der Waals surface area contributed by atoms with E-state index in [4.69, 9.17) is 5.73 Å². The van der Waals surface area contributed by atoms with Crippen LogP contribution in [0.2, 0.25) is 0 Å². The topological polar surface area (TPSA) is 92.5 Å². The minimum absolute atomic E-state index is 0.0622. The van der Waals surface area contributed by atoms with Gasteiger partial charge < -0.3 is 11.1 Å². The number of carbonyl (C=O) groups excluding carboxylic acids is 1. The Hall–Kier alpha value is -0.310. The summed E-state index contributed by atoms with van der Waals surface area (Å²) < 4.78 is 23.8. The van der Waals surface area contributed by atoms with Gasteiger partial charge in [0.1, 0.15) is 5.37 Å². The highest BCUT2D eigenvalue weighted by Gasteiger charge is 2.35. The van der Waals surface area contributed by atoms with Crippen molar-refractivity contribution in [2.75, 3.05) is 37.4 Å². The summed E-state index contributed by atoms with van der Waals surface area (Å²) in [6.07, 6.45) is 2.39. The predicted octanol–water partition coefficient (Wildman–Crippen LogP) is -0.350. The van der Waals surface area contributed by atoms with Crippen molar-refractivity contribution >= 4 is 27.5 Å². The number of sulfone groups is 1. The van der Waals surface area contributed by atoms with Gasteiger partial charge in [-0.3, -0.25) is 9.69 Å². The molecule has 118 valence electrons. The highest BCUT2D eigenvalue weighted by Crippen LogP contribution is 2.23. The average molecular weight is 323 g/mol. The Kier molecular flexibility index (Phi) is 7.28. The van der Waals surface area contributed by atoms with E-state index in [9.17, 15) is 13.2 Å². The van der Waals surface area contributed by atoms with E-state index >= 15 is 0 Å². The lowest BCUT2D eigenvalue weighted by Gasteiger charge is -2.39. The Morgan fingerprint density at radius 3 is 2.80 bits per heavy atom. The molecule has 6 nitrogen and oxygen atoms in total. The summed E-state index contributed by atoms with van der Waals surface area (Å²) in [6, 6.07) is -0.215. The standard InChI is InChI=1S/C12H25N3O3S2/c1-3-4-14-11(16)7-10(8-13)15-5-6-19-9-12(15)20(2,17)18/h10,12H,3-9,13H2,1-2H3,(H,14,16). The number of amides is 1. The van der Waals surface area contributed by atoms with Crippen LogP contribution in [-0.4, -0.2) is 68.0 Å². The van der Waals surface area contributed by atoms with Crippen LogP contribution in [0, 0.1) is 0 Å². The normalized spacial score (nSPS) is 22.4. The van der Waals surface area contributed by atoms with Gasteiger partial charge in [-0.2, -0.15) is 11.8 Å². The monoisotopic (exact) mass is 323 g/mol. The quantitative estimate of drug-likeness (QED) is 0.665. The van der Waals surface area contributed by atoms with Crippen molar-refractivity contribution < 1.29 is 13.2 Å². The molecule has 2 unspecified atom stereocenters. The van der Waals surface area contributed by atoms with Gasteiger partial charge in [-0.1, -0.05) is 6.92 Å². The van der Waals surface area contributed by atoms with Gasteiger partial charge in [0, 0.05) is 49.9 Å². The third-order valence-corrected chi connectivity index (χ3v) is 6.01. The summed E-state index contributed by atoms with van der Waals surface area (Å²) in [4.78, 5) is 13.7. The third kappa shape index (κ3) is 5.23. The number of hydrogen-bond acceptors (Lipinski definition) is 6. The molecule has 2 atom stereocenters. The first-order valence-electron chi connectivity index (χ1n) is 6.89. The number of rotatable bonds is 7. The van der Waals surface area contributed by atoms with Gasteiger partial charge in [0.15, 0.2) is 9.84 Å². The Labute approximate surface area is 125 Å². The van der Waals surface area contributed by atoms with E-state index in [0.717, 1.165) is 12.2 Å². The molecule has 20 heavy (non-hydrogen) atoms. The van der Waals surface area contributed by atoms with E-state index in [0.29, 0.717) is 18.8 Å². The van der Waals surface area contributed by atoms with Gasteiger partial charge in [0.05, 0.1) is 0 Å². The maximum Gasteiger partial charge on any atom is 0.221 e. The van der Waals surface area contributed by atoms with Crippen LogP contribution in [0.1, 0.15) is 19.8 Å². The number of carbonyl (C=O) groups is 1. The number of nitrogens with zero attached hydrogens (tertiary/aromatic N) is 1. The molecule has 0 aromatic carbocycles. The summed E-state index contributed by atoms with van der Waals surface area (Å²) >= 11 is 1.63. The zero-order chi connectivity index (χ0) is 15.2. The van der Waals surface area contributed by atoms with Crippen LogP contribution in [0.4, 0.5) is 0 Å². The second-order valence-corrected chi connectivity index (χ2v) is 8.39. The van der Waals surface area contributed by atoms with E-state index in [-0.39, 0.29) is 24.9 Å². The van der Waals surface area contributed by atoms with Crippen LogP contribution in [0.5, 0.6) is 0 Å². The zero-order valence-corrected chi connectivity index (χ0v) is 13.8. The van der Waals surface area contributed by atoms with E-state index in [2.05, 4.69) is 5.32 Å². The number of thioether (sulfide) groups is 1. The maximum atomic E-state index is 11.9. The zero-order valence-electron chi connectivity index (χ0n) is 12.2. The van der Waals surface area contributed by atoms with Crippen molar-refractivity contribution in [3.05, 3.63) is 0 Å². The third-order valence-electron chi connectivity index (χ3n) is 3.35. The lowest BCUT2D eigenvalue weighted by molar-refractivity contribution is -0.122. The molecule has 0 spiro atoms. The molecule has 1 saturated heterocycles. The van der Waals surface area contributed by atoms with Crippen LogP contribution >= 0.6 is 11.8 Å². The van der Waals surface area contributed by atoms with E-state index < -0.39 is 15.2 Å². The Balaban J connectivity index is 2.72. The van der Waals surface area contributed by atoms with Gasteiger partial charge in [-0.15, -0.1) is 0 Å². The second-order valence-electron chi connectivity index (χ2n) is 5.04. The molecule has 1 amide bonds. The van der Waals surface area contributed by atoms with Crippen molar-refractivity contribution in [3.63, 3.8) is 0 Å². The van der Waals surface area contributed by atoms with E-state index in [1.807, 2.05) is 11.8 Å². The molecule has 0 aliphatic carbocycles. The van der Waals surface area contributed by atoms with Crippen molar-refractivity contribution in [1.29, 1.82) is 0 Å². The van der Waals surface area contributed by atoms with Crippen molar-refractivity contribution in [3.8, 4) is 0 Å². The number of hydrogen-bond donors (Lipinski definition) is 2. The molecule has 0 bridgehead atoms. The van der Waals surface area contributed by atoms with Crippen LogP contribution in [0.25, 0.3) is 0 Å². The average Bonchev–Trinajstić information content (AvgIpc) is 2.41. The first-order valence-corrected chi connectivity index (χ1v) is 10.00. The molecule has 1 heterocycles. The molecule has 8 heteroatoms. The molecule has 1 fully saturated rings. The summed E-state index contributed by atoms with van der Waals surface area (Å²) in [5.74, 6) is 1.36. The predicted molar refractivity (Wildman–Crippen MR) is 83.4 cm³/mol. The Bertz CT molecular complexity index is 414. The molecule has 0 aromatic rings. The van der Waals surface area contributed by atoms with Crippen LogP contribution in [0.15, 0.2) is 0 Å². The first kappa shape index (κ1) is 17.7. The molecule has 1 aliphatic rings. The van der Waals surface area contributed by atoms with E-state index in [1.165, 1.54) is 6.26 Å². The van der Waals surface area contributed by atoms with Crippen LogP contribution in [-0.2, 0) is 14.6 Å². The molecule has 1 rings (SSSR count). The highest BCUT2D eigenvalue weighted by atomic mass is 32.2. The van der Waals surface area contributed by atoms with Crippen molar-refractivity contribution in [2.24, 2.45) is 5.73 Å². The summed E-state index contributed by atoms with van der Waals surface area (Å²) in [6.45, 7) is 3.57. The fourth-order valence-corrected chi connectivity index (χ4v) is 5.21. The largest absolute Gasteiger partial charge is 0.356 e. The van der Waals surface area contributed by atoms with Crippen LogP contribution in [0.3, 0.4) is 0 Å². The van der Waals surface area contributed by atoms with Crippen molar-refractivity contribution in [1.82, 2.24) is 10.2 Å². The molecule has 0 aromatic heterocycles. The minimum Gasteiger partial charge on any atom is -0.356 e. The number of nitrogens with two attached hydrogens (primary N) is 1. The minimum atomic E-state index is -3.17. The summed E-state index contributed by atoms with van der Waals surface area (Å²) in [7, 11) is -3.17. The van der Waals surface area contributed by atoms with Gasteiger partial charge in [0.2, 0.25) is 5.91 Å². The summed E-state index contributed by atoms with van der Waals surface area (Å²) in [5, 5.41) is 2.28. The SMILES string of the molecule is CCCNC(=O)CC(CN)N1CCSCC1S(C)(=O)=O. The van der Waals surface area contributed by atoms with Gasteiger partial charge in [-0.25, -0.2) is 8.42 Å². The van der Waals surface area contributed by atoms with Gasteiger partial charge in [0.25, 0.3) is 0 Å². The van der Waals surface area contributed by atoms with Crippen molar-refractivity contribution in [2.45, 2.75) is 31.2 Å². The van der Waals surface area contributed by atoms with E-state index in [1.54, 1.807) is 11.8 Å². The maximum absolute atomic E-state index is 11.9. The molecule has 3 N–H and O–H groups in total. The molecule has 0 radical (unpaired) electrons. The lowest BCUT2D eigenvalue weighted by Crippen LogP contribution is -2.55.